The van der Waals surface area contributed by atoms with Crippen molar-refractivity contribution in [1.82, 2.24) is 29.8 Å². The molecule has 7 heteroatoms. The molecule has 2 aromatic rings. The van der Waals surface area contributed by atoms with E-state index in [9.17, 15) is 0 Å². The van der Waals surface area contributed by atoms with E-state index in [1.807, 2.05) is 25.5 Å². The Balaban J connectivity index is 1.69. The Hall–Kier alpha value is -1.76. The summed E-state index contributed by atoms with van der Waals surface area (Å²) in [6, 6.07) is 0.456. The Kier molecular flexibility index (Phi) is 4.52. The molecule has 0 unspecified atom stereocenters. The monoisotopic (exact) mass is 304 g/mol. The lowest BCUT2D eigenvalue weighted by atomic mass is 10.0. The molecule has 1 fully saturated rings. The Morgan fingerprint density at radius 2 is 2.09 bits per heavy atom. The zero-order valence-corrected chi connectivity index (χ0v) is 13.6. The van der Waals surface area contributed by atoms with E-state index in [4.69, 9.17) is 4.52 Å². The van der Waals surface area contributed by atoms with Crippen LogP contribution in [0.15, 0.2) is 4.52 Å². The Morgan fingerprint density at radius 1 is 1.23 bits per heavy atom. The lowest BCUT2D eigenvalue weighted by molar-refractivity contribution is 0.117. The van der Waals surface area contributed by atoms with Gasteiger partial charge in [0.25, 0.3) is 0 Å². The van der Waals surface area contributed by atoms with Gasteiger partial charge in [-0.15, -0.1) is 0 Å². The molecule has 22 heavy (non-hydrogen) atoms. The van der Waals surface area contributed by atoms with E-state index in [0.717, 1.165) is 43.5 Å². The fourth-order valence-corrected chi connectivity index (χ4v) is 3.09. The van der Waals surface area contributed by atoms with E-state index < -0.39 is 0 Å². The van der Waals surface area contributed by atoms with Gasteiger partial charge >= 0.3 is 0 Å². The van der Waals surface area contributed by atoms with Crippen LogP contribution >= 0.6 is 0 Å². The third-order valence-electron chi connectivity index (χ3n) is 4.25. The average Bonchev–Trinajstić information content (AvgIpc) is 3.08. The third kappa shape index (κ3) is 3.35. The number of rotatable bonds is 5. The quantitative estimate of drug-likeness (QED) is 0.840. The lowest BCUT2D eigenvalue weighted by Crippen LogP contribution is -2.42. The van der Waals surface area contributed by atoms with Crippen molar-refractivity contribution in [3.63, 3.8) is 0 Å². The summed E-state index contributed by atoms with van der Waals surface area (Å²) in [4.78, 5) is 11.3. The lowest BCUT2D eigenvalue weighted by Gasteiger charge is -2.34. The summed E-state index contributed by atoms with van der Waals surface area (Å²) < 4.78 is 7.24. The van der Waals surface area contributed by atoms with Crippen LogP contribution < -0.4 is 0 Å². The highest BCUT2D eigenvalue weighted by molar-refractivity contribution is 4.91. The van der Waals surface area contributed by atoms with Crippen molar-refractivity contribution in [2.24, 2.45) is 0 Å². The smallest absolute Gasteiger partial charge is 0.226 e. The Morgan fingerprint density at radius 3 is 2.77 bits per heavy atom. The van der Waals surface area contributed by atoms with Crippen LogP contribution in [0.2, 0.25) is 0 Å². The van der Waals surface area contributed by atoms with Crippen LogP contribution in [0.5, 0.6) is 0 Å². The van der Waals surface area contributed by atoms with E-state index in [1.54, 1.807) is 0 Å². The standard InChI is InChI=1S/C15H24N6O/c1-4-15-17-14(19-22-15)10-20-8-6-5-7-13(20)9-21-12(3)16-11(2)18-21/h13H,4-10H2,1-3H3/t13-/m0/s1. The molecule has 3 heterocycles. The number of piperidine rings is 1. The number of hydrogen-bond acceptors (Lipinski definition) is 6. The minimum Gasteiger partial charge on any atom is -0.339 e. The highest BCUT2D eigenvalue weighted by Gasteiger charge is 2.25. The number of nitrogens with zero attached hydrogens (tertiary/aromatic N) is 6. The number of hydrogen-bond donors (Lipinski definition) is 0. The van der Waals surface area contributed by atoms with Crippen molar-refractivity contribution < 1.29 is 4.52 Å². The maximum absolute atomic E-state index is 5.22. The molecule has 1 atom stereocenters. The molecule has 3 rings (SSSR count). The Bertz CT molecular complexity index is 619. The molecule has 0 N–H and O–H groups in total. The zero-order valence-electron chi connectivity index (χ0n) is 13.6. The molecular weight excluding hydrogens is 280 g/mol. The van der Waals surface area contributed by atoms with Crippen LogP contribution in [0.4, 0.5) is 0 Å². The molecule has 7 nitrogen and oxygen atoms in total. The van der Waals surface area contributed by atoms with Gasteiger partial charge in [-0.1, -0.05) is 18.5 Å². The first-order valence-corrected chi connectivity index (χ1v) is 8.09. The number of aryl methyl sites for hydroxylation is 3. The fraction of sp³-hybridized carbons (Fsp3) is 0.733. The predicted octanol–water partition coefficient (Wildman–Crippen LogP) is 1.90. The molecule has 1 aliphatic heterocycles. The summed E-state index contributed by atoms with van der Waals surface area (Å²) in [5.74, 6) is 3.32. The topological polar surface area (TPSA) is 72.9 Å². The summed E-state index contributed by atoms with van der Waals surface area (Å²) in [6.07, 6.45) is 4.45. The Labute approximate surface area is 130 Å². The van der Waals surface area contributed by atoms with Crippen LogP contribution in [0.1, 0.15) is 49.6 Å². The second-order valence-electron chi connectivity index (χ2n) is 5.97. The van der Waals surface area contributed by atoms with Crippen LogP contribution in [0.3, 0.4) is 0 Å². The van der Waals surface area contributed by atoms with Crippen molar-refractivity contribution in [3.05, 3.63) is 23.4 Å². The van der Waals surface area contributed by atoms with E-state index in [0.29, 0.717) is 11.9 Å². The number of likely N-dealkylation sites (tertiary alicyclic amines) is 1. The molecular formula is C15H24N6O. The predicted molar refractivity (Wildman–Crippen MR) is 81.2 cm³/mol. The molecule has 2 aromatic heterocycles. The van der Waals surface area contributed by atoms with Crippen LogP contribution in [-0.2, 0) is 19.5 Å². The van der Waals surface area contributed by atoms with E-state index in [2.05, 4.69) is 25.1 Å². The van der Waals surface area contributed by atoms with Crippen molar-refractivity contribution >= 4 is 0 Å². The second-order valence-corrected chi connectivity index (χ2v) is 5.97. The minimum atomic E-state index is 0.456. The summed E-state index contributed by atoms with van der Waals surface area (Å²) in [7, 11) is 0. The van der Waals surface area contributed by atoms with Gasteiger partial charge in [0.2, 0.25) is 5.89 Å². The van der Waals surface area contributed by atoms with Crippen molar-refractivity contribution in [1.29, 1.82) is 0 Å². The SMILES string of the molecule is CCc1nc(CN2CCCC[C@H]2Cn2nc(C)nc2C)no1. The first-order valence-electron chi connectivity index (χ1n) is 8.09. The molecule has 1 aliphatic rings. The van der Waals surface area contributed by atoms with E-state index in [1.165, 1.54) is 19.3 Å². The van der Waals surface area contributed by atoms with Crippen LogP contribution in [0, 0.1) is 13.8 Å². The molecule has 1 saturated heterocycles. The van der Waals surface area contributed by atoms with Gasteiger partial charge in [-0.2, -0.15) is 10.1 Å². The molecule has 0 bridgehead atoms. The van der Waals surface area contributed by atoms with E-state index in [-0.39, 0.29) is 0 Å². The van der Waals surface area contributed by atoms with Crippen molar-refractivity contribution in [3.8, 4) is 0 Å². The van der Waals surface area contributed by atoms with Crippen LogP contribution in [-0.4, -0.2) is 42.4 Å². The summed E-state index contributed by atoms with van der Waals surface area (Å²) in [5, 5.41) is 8.57. The van der Waals surface area contributed by atoms with Crippen LogP contribution in [0.25, 0.3) is 0 Å². The van der Waals surface area contributed by atoms with Gasteiger partial charge in [0.1, 0.15) is 11.6 Å². The number of aromatic nitrogens is 5. The maximum Gasteiger partial charge on any atom is 0.226 e. The van der Waals surface area contributed by atoms with Gasteiger partial charge in [-0.3, -0.25) is 4.90 Å². The molecule has 0 spiro atoms. The molecule has 0 aromatic carbocycles. The normalized spacial score (nSPS) is 19.7. The van der Waals surface area contributed by atoms with E-state index >= 15 is 0 Å². The van der Waals surface area contributed by atoms with Gasteiger partial charge < -0.3 is 4.52 Å². The molecule has 0 saturated carbocycles. The molecule has 120 valence electrons. The largest absolute Gasteiger partial charge is 0.339 e. The average molecular weight is 304 g/mol. The van der Waals surface area contributed by atoms with Gasteiger partial charge in [0.05, 0.1) is 13.1 Å². The highest BCUT2D eigenvalue weighted by atomic mass is 16.5. The molecule has 0 radical (unpaired) electrons. The fourth-order valence-electron chi connectivity index (χ4n) is 3.09. The van der Waals surface area contributed by atoms with Crippen molar-refractivity contribution in [2.75, 3.05) is 6.54 Å². The first kappa shape index (κ1) is 15.1. The van der Waals surface area contributed by atoms with Gasteiger partial charge in [0, 0.05) is 12.5 Å². The summed E-state index contributed by atoms with van der Waals surface area (Å²) in [5.41, 5.74) is 0. The summed E-state index contributed by atoms with van der Waals surface area (Å²) >= 11 is 0. The zero-order chi connectivity index (χ0) is 15.5. The van der Waals surface area contributed by atoms with Crippen molar-refractivity contribution in [2.45, 2.75) is 65.6 Å². The maximum atomic E-state index is 5.22. The molecule has 0 aliphatic carbocycles. The highest BCUT2D eigenvalue weighted by Crippen LogP contribution is 2.20. The molecule has 0 amide bonds. The third-order valence-corrected chi connectivity index (χ3v) is 4.25. The minimum absolute atomic E-state index is 0.456. The van der Waals surface area contributed by atoms with Gasteiger partial charge in [-0.05, 0) is 33.2 Å². The second kappa shape index (κ2) is 6.56. The van der Waals surface area contributed by atoms with Gasteiger partial charge in [-0.25, -0.2) is 9.67 Å². The summed E-state index contributed by atoms with van der Waals surface area (Å²) in [6.45, 7) is 8.68. The van der Waals surface area contributed by atoms with Gasteiger partial charge in [0.15, 0.2) is 5.82 Å². The first-order chi connectivity index (χ1) is 10.7.